The molecule has 2 saturated heterocycles. The van der Waals surface area contributed by atoms with E-state index in [1.165, 1.54) is 11.1 Å². The van der Waals surface area contributed by atoms with E-state index in [9.17, 15) is 4.79 Å². The molecule has 0 aliphatic carbocycles. The molecule has 2 aromatic carbocycles. The van der Waals surface area contributed by atoms with Gasteiger partial charge in [-0.05, 0) is 37.1 Å². The highest BCUT2D eigenvalue weighted by atomic mass is 16.2. The Labute approximate surface area is 143 Å². The molecule has 2 aromatic rings. The maximum Gasteiger partial charge on any atom is 0.228 e. The van der Waals surface area contributed by atoms with Crippen molar-refractivity contribution in [3.05, 3.63) is 71.8 Å². The zero-order chi connectivity index (χ0) is 16.4. The van der Waals surface area contributed by atoms with Gasteiger partial charge >= 0.3 is 0 Å². The van der Waals surface area contributed by atoms with Gasteiger partial charge in [-0.15, -0.1) is 0 Å². The molecule has 0 unspecified atom stereocenters. The van der Waals surface area contributed by atoms with Gasteiger partial charge in [-0.1, -0.05) is 60.7 Å². The fraction of sp³-hybridized carbons (Fsp3) is 0.381. The Bertz CT molecular complexity index is 690. The fourth-order valence-electron chi connectivity index (χ4n) is 4.36. The lowest BCUT2D eigenvalue weighted by Gasteiger charge is -2.41. The van der Waals surface area contributed by atoms with Crippen LogP contribution < -0.4 is 5.32 Å². The third-order valence-electron chi connectivity index (χ3n) is 5.72. The summed E-state index contributed by atoms with van der Waals surface area (Å²) in [5.74, 6) is 0.218. The second-order valence-corrected chi connectivity index (χ2v) is 7.19. The highest BCUT2D eigenvalue weighted by molar-refractivity contribution is 5.87. The van der Waals surface area contributed by atoms with E-state index in [1.54, 1.807) is 0 Å². The monoisotopic (exact) mass is 320 g/mol. The van der Waals surface area contributed by atoms with Crippen molar-refractivity contribution < 1.29 is 4.79 Å². The van der Waals surface area contributed by atoms with Gasteiger partial charge in [-0.3, -0.25) is 9.69 Å². The lowest BCUT2D eigenvalue weighted by atomic mass is 9.68. The topological polar surface area (TPSA) is 32.3 Å². The molecule has 0 aromatic heterocycles. The van der Waals surface area contributed by atoms with Gasteiger partial charge in [0.25, 0.3) is 0 Å². The maximum absolute atomic E-state index is 12.5. The molecule has 2 heterocycles. The summed E-state index contributed by atoms with van der Waals surface area (Å²) in [5, 5.41) is 3.14. The molecule has 1 amide bonds. The molecule has 4 rings (SSSR count). The van der Waals surface area contributed by atoms with Crippen LogP contribution >= 0.6 is 0 Å². The van der Waals surface area contributed by atoms with Crippen LogP contribution in [0.25, 0.3) is 0 Å². The average molecular weight is 320 g/mol. The van der Waals surface area contributed by atoms with E-state index in [0.29, 0.717) is 0 Å². The van der Waals surface area contributed by atoms with E-state index in [1.807, 2.05) is 18.2 Å². The fourth-order valence-corrected chi connectivity index (χ4v) is 4.36. The highest BCUT2D eigenvalue weighted by Crippen LogP contribution is 2.47. The molecular formula is C21H24N2O. The minimum atomic E-state index is 0.0116. The number of benzene rings is 2. The summed E-state index contributed by atoms with van der Waals surface area (Å²) in [6, 6.07) is 21.0. The number of rotatable bonds is 3. The van der Waals surface area contributed by atoms with E-state index in [-0.39, 0.29) is 17.2 Å². The third-order valence-corrected chi connectivity index (χ3v) is 5.72. The van der Waals surface area contributed by atoms with Crippen LogP contribution in [0.1, 0.15) is 29.9 Å². The van der Waals surface area contributed by atoms with Crippen molar-refractivity contribution in [1.29, 1.82) is 0 Å². The molecule has 0 bridgehead atoms. The summed E-state index contributed by atoms with van der Waals surface area (Å²) in [6.07, 6.45) is 2.16. The first-order valence-electron chi connectivity index (χ1n) is 8.86. The van der Waals surface area contributed by atoms with Crippen LogP contribution in [-0.2, 0) is 11.3 Å². The number of carbonyl (C=O) groups excluding carboxylic acids is 1. The van der Waals surface area contributed by atoms with Gasteiger partial charge in [0.15, 0.2) is 0 Å². The van der Waals surface area contributed by atoms with E-state index >= 15 is 0 Å². The van der Waals surface area contributed by atoms with Crippen molar-refractivity contribution in [2.45, 2.75) is 25.3 Å². The van der Waals surface area contributed by atoms with Gasteiger partial charge < -0.3 is 5.32 Å². The summed E-state index contributed by atoms with van der Waals surface area (Å²) < 4.78 is 0. The first kappa shape index (κ1) is 15.4. The normalized spacial score (nSPS) is 23.3. The quantitative estimate of drug-likeness (QED) is 0.942. The van der Waals surface area contributed by atoms with Crippen LogP contribution in [0.15, 0.2) is 60.7 Å². The Morgan fingerprint density at radius 3 is 2.25 bits per heavy atom. The number of hydrogen-bond acceptors (Lipinski definition) is 2. The van der Waals surface area contributed by atoms with Gasteiger partial charge in [-0.25, -0.2) is 0 Å². The predicted molar refractivity (Wildman–Crippen MR) is 95.6 cm³/mol. The smallest absolute Gasteiger partial charge is 0.228 e. The van der Waals surface area contributed by atoms with Crippen molar-refractivity contribution >= 4 is 5.91 Å². The van der Waals surface area contributed by atoms with Crippen molar-refractivity contribution in [1.82, 2.24) is 10.2 Å². The number of likely N-dealkylation sites (tertiary alicyclic amines) is 1. The van der Waals surface area contributed by atoms with E-state index in [0.717, 1.165) is 39.0 Å². The van der Waals surface area contributed by atoms with Crippen LogP contribution in [0.4, 0.5) is 0 Å². The molecule has 1 N–H and O–H groups in total. The summed E-state index contributed by atoms with van der Waals surface area (Å²) >= 11 is 0. The van der Waals surface area contributed by atoms with Crippen LogP contribution in [0.2, 0.25) is 0 Å². The first-order chi connectivity index (χ1) is 11.8. The largest absolute Gasteiger partial charge is 0.355 e. The van der Waals surface area contributed by atoms with Gasteiger partial charge in [0.2, 0.25) is 5.91 Å². The van der Waals surface area contributed by atoms with Crippen LogP contribution in [-0.4, -0.2) is 30.4 Å². The molecule has 24 heavy (non-hydrogen) atoms. The molecule has 1 atom stereocenters. The molecule has 1 spiro atoms. The lowest BCUT2D eigenvalue weighted by Crippen LogP contribution is -2.43. The second-order valence-electron chi connectivity index (χ2n) is 7.19. The van der Waals surface area contributed by atoms with E-state index in [2.05, 4.69) is 52.7 Å². The molecule has 0 saturated carbocycles. The summed E-state index contributed by atoms with van der Waals surface area (Å²) in [7, 11) is 0. The minimum absolute atomic E-state index is 0.0116. The molecule has 2 aliphatic rings. The summed E-state index contributed by atoms with van der Waals surface area (Å²) in [4.78, 5) is 15.0. The van der Waals surface area contributed by atoms with Gasteiger partial charge in [0, 0.05) is 18.5 Å². The van der Waals surface area contributed by atoms with Crippen molar-refractivity contribution in [3.8, 4) is 0 Å². The standard InChI is InChI=1S/C21H24N2O/c24-20-19(18-9-5-2-6-10-18)21(16-22-20)11-13-23(14-12-21)15-17-7-3-1-4-8-17/h1-10,19H,11-16H2,(H,22,24)/t19-/m1/s1. The Morgan fingerprint density at radius 2 is 1.58 bits per heavy atom. The van der Waals surface area contributed by atoms with E-state index in [4.69, 9.17) is 0 Å². The second kappa shape index (κ2) is 6.40. The molecular weight excluding hydrogens is 296 g/mol. The minimum Gasteiger partial charge on any atom is -0.355 e. The molecule has 3 heteroatoms. The van der Waals surface area contributed by atoms with Crippen molar-refractivity contribution in [2.75, 3.05) is 19.6 Å². The molecule has 2 aliphatic heterocycles. The molecule has 3 nitrogen and oxygen atoms in total. The lowest BCUT2D eigenvalue weighted by molar-refractivity contribution is -0.121. The number of hydrogen-bond donors (Lipinski definition) is 1. The van der Waals surface area contributed by atoms with Crippen LogP contribution in [0.3, 0.4) is 0 Å². The first-order valence-corrected chi connectivity index (χ1v) is 8.86. The Balaban J connectivity index is 1.48. The number of nitrogens with one attached hydrogen (secondary N) is 1. The Morgan fingerprint density at radius 1 is 0.958 bits per heavy atom. The number of carbonyl (C=O) groups is 1. The summed E-state index contributed by atoms with van der Waals surface area (Å²) in [6.45, 7) is 3.96. The maximum atomic E-state index is 12.5. The zero-order valence-corrected chi connectivity index (χ0v) is 13.9. The molecule has 124 valence electrons. The van der Waals surface area contributed by atoms with E-state index < -0.39 is 0 Å². The van der Waals surface area contributed by atoms with Crippen LogP contribution in [0.5, 0.6) is 0 Å². The number of piperidine rings is 1. The molecule has 0 radical (unpaired) electrons. The van der Waals surface area contributed by atoms with Crippen molar-refractivity contribution in [2.24, 2.45) is 5.41 Å². The third kappa shape index (κ3) is 2.84. The number of amides is 1. The van der Waals surface area contributed by atoms with Crippen LogP contribution in [0, 0.1) is 5.41 Å². The summed E-state index contributed by atoms with van der Waals surface area (Å²) in [5.41, 5.74) is 2.63. The number of nitrogens with zero attached hydrogens (tertiary/aromatic N) is 1. The zero-order valence-electron chi connectivity index (χ0n) is 13.9. The predicted octanol–water partition coefficient (Wildman–Crippen LogP) is 3.18. The van der Waals surface area contributed by atoms with Crippen molar-refractivity contribution in [3.63, 3.8) is 0 Å². The van der Waals surface area contributed by atoms with Gasteiger partial charge in [0.05, 0.1) is 5.92 Å². The van der Waals surface area contributed by atoms with Gasteiger partial charge in [0.1, 0.15) is 0 Å². The SMILES string of the molecule is O=C1NCC2(CCN(Cc3ccccc3)CC2)[C@@H]1c1ccccc1. The average Bonchev–Trinajstić information content (AvgIpc) is 2.95. The Hall–Kier alpha value is -2.13. The molecule has 2 fully saturated rings. The highest BCUT2D eigenvalue weighted by Gasteiger charge is 2.50. The van der Waals surface area contributed by atoms with Gasteiger partial charge in [-0.2, -0.15) is 0 Å². The Kier molecular flexibility index (Phi) is 4.11.